The number of fused-ring (bicyclic) bond motifs is 1. The molecule has 1 heterocycles. The summed E-state index contributed by atoms with van der Waals surface area (Å²) in [4.78, 5) is 4.09. The van der Waals surface area contributed by atoms with Crippen LogP contribution in [0.25, 0.3) is 5.69 Å². The third-order valence-electron chi connectivity index (χ3n) is 5.02. The minimum atomic E-state index is 0.404. The van der Waals surface area contributed by atoms with Gasteiger partial charge < -0.3 is 9.88 Å². The van der Waals surface area contributed by atoms with Gasteiger partial charge in [-0.3, -0.25) is 0 Å². The van der Waals surface area contributed by atoms with E-state index in [0.29, 0.717) is 12.1 Å². The molecule has 4 rings (SSSR count). The van der Waals surface area contributed by atoms with Crippen LogP contribution in [0.4, 0.5) is 0 Å². The molecule has 21 heavy (non-hydrogen) atoms. The lowest BCUT2D eigenvalue weighted by Gasteiger charge is -2.42. The van der Waals surface area contributed by atoms with E-state index in [0.717, 1.165) is 17.5 Å². The number of imidazole rings is 1. The van der Waals surface area contributed by atoms with Crippen molar-refractivity contribution in [3.8, 4) is 5.69 Å². The lowest BCUT2D eigenvalue weighted by Crippen LogP contribution is -2.48. The fraction of sp³-hybridized carbons (Fsp3) is 0.389. The SMILES string of the molecule is C[C@H](N[C@@H]1C[C@H]2CC=C[C@H]21)c1ccc(-n2ccnc2)cc1. The van der Waals surface area contributed by atoms with Crippen LogP contribution in [0.3, 0.4) is 0 Å². The number of nitrogens with one attached hydrogen (secondary N) is 1. The molecule has 0 aliphatic heterocycles. The van der Waals surface area contributed by atoms with Crippen LogP contribution < -0.4 is 5.32 Å². The van der Waals surface area contributed by atoms with Crippen LogP contribution in [-0.4, -0.2) is 15.6 Å². The molecule has 0 spiro atoms. The van der Waals surface area contributed by atoms with Crippen molar-refractivity contribution in [2.45, 2.75) is 31.8 Å². The smallest absolute Gasteiger partial charge is 0.0991 e. The quantitative estimate of drug-likeness (QED) is 0.868. The average molecular weight is 279 g/mol. The van der Waals surface area contributed by atoms with Gasteiger partial charge in [-0.2, -0.15) is 0 Å². The summed E-state index contributed by atoms with van der Waals surface area (Å²) in [6.07, 6.45) is 13.0. The predicted octanol–water partition coefficient (Wildman–Crippen LogP) is 3.49. The highest BCUT2D eigenvalue weighted by Gasteiger charge is 2.41. The normalized spacial score (nSPS) is 28.1. The number of nitrogens with zero attached hydrogens (tertiary/aromatic N) is 2. The molecule has 4 atom stereocenters. The molecule has 2 aliphatic carbocycles. The molecule has 1 fully saturated rings. The molecule has 2 aromatic rings. The van der Waals surface area contributed by atoms with E-state index in [4.69, 9.17) is 0 Å². The zero-order chi connectivity index (χ0) is 14.2. The van der Waals surface area contributed by atoms with Crippen LogP contribution in [0.1, 0.15) is 31.4 Å². The number of allylic oxidation sites excluding steroid dienone is 1. The molecule has 108 valence electrons. The van der Waals surface area contributed by atoms with E-state index in [1.807, 2.05) is 17.1 Å². The molecule has 3 nitrogen and oxygen atoms in total. The highest BCUT2D eigenvalue weighted by molar-refractivity contribution is 5.35. The second-order valence-electron chi connectivity index (χ2n) is 6.29. The molecule has 0 radical (unpaired) electrons. The first-order chi connectivity index (χ1) is 10.3. The maximum Gasteiger partial charge on any atom is 0.0991 e. The number of aromatic nitrogens is 2. The Balaban J connectivity index is 1.42. The molecule has 1 N–H and O–H groups in total. The first-order valence-corrected chi connectivity index (χ1v) is 7.82. The van der Waals surface area contributed by atoms with Crippen LogP contribution in [0.2, 0.25) is 0 Å². The minimum absolute atomic E-state index is 0.404. The second-order valence-corrected chi connectivity index (χ2v) is 6.29. The van der Waals surface area contributed by atoms with Crippen molar-refractivity contribution < 1.29 is 0 Å². The van der Waals surface area contributed by atoms with Gasteiger partial charge in [0.2, 0.25) is 0 Å². The van der Waals surface area contributed by atoms with Crippen molar-refractivity contribution in [2.24, 2.45) is 11.8 Å². The van der Waals surface area contributed by atoms with Crippen molar-refractivity contribution in [1.29, 1.82) is 0 Å². The molecule has 0 amide bonds. The maximum atomic E-state index is 4.09. The van der Waals surface area contributed by atoms with Gasteiger partial charge in [0, 0.05) is 30.2 Å². The monoisotopic (exact) mass is 279 g/mol. The standard InChI is InChI=1S/C18H21N3/c1-13(20-18-11-15-3-2-4-17(15)18)14-5-7-16(8-6-14)21-10-9-19-12-21/h2,4-10,12-13,15,17-18,20H,3,11H2,1H3/t13-,15+,17+,18+/m0/s1. The van der Waals surface area contributed by atoms with Crippen molar-refractivity contribution in [1.82, 2.24) is 14.9 Å². The zero-order valence-corrected chi connectivity index (χ0v) is 12.3. The fourth-order valence-corrected chi connectivity index (χ4v) is 3.67. The van der Waals surface area contributed by atoms with E-state index in [-0.39, 0.29) is 0 Å². The number of benzene rings is 1. The van der Waals surface area contributed by atoms with E-state index >= 15 is 0 Å². The number of hydrogen-bond acceptors (Lipinski definition) is 2. The van der Waals surface area contributed by atoms with E-state index in [1.165, 1.54) is 18.4 Å². The van der Waals surface area contributed by atoms with Crippen LogP contribution in [0.5, 0.6) is 0 Å². The van der Waals surface area contributed by atoms with Gasteiger partial charge in [0.25, 0.3) is 0 Å². The molecule has 1 aromatic heterocycles. The molecular weight excluding hydrogens is 258 g/mol. The van der Waals surface area contributed by atoms with Gasteiger partial charge in [-0.15, -0.1) is 0 Å². The predicted molar refractivity (Wildman–Crippen MR) is 84.3 cm³/mol. The molecule has 0 saturated heterocycles. The highest BCUT2D eigenvalue weighted by Crippen LogP contribution is 2.43. The van der Waals surface area contributed by atoms with E-state index in [2.05, 4.69) is 53.6 Å². The Bertz CT molecular complexity index is 627. The lowest BCUT2D eigenvalue weighted by molar-refractivity contribution is 0.152. The Morgan fingerprint density at radius 3 is 2.86 bits per heavy atom. The summed E-state index contributed by atoms with van der Waals surface area (Å²) in [7, 11) is 0. The first kappa shape index (κ1) is 12.8. The van der Waals surface area contributed by atoms with Gasteiger partial charge in [0.1, 0.15) is 0 Å². The maximum absolute atomic E-state index is 4.09. The molecule has 3 heteroatoms. The first-order valence-electron chi connectivity index (χ1n) is 7.82. The van der Waals surface area contributed by atoms with Gasteiger partial charge >= 0.3 is 0 Å². The molecule has 2 aliphatic rings. The van der Waals surface area contributed by atoms with Crippen molar-refractivity contribution in [3.63, 3.8) is 0 Å². The molecule has 0 unspecified atom stereocenters. The Kier molecular flexibility index (Phi) is 3.15. The highest BCUT2D eigenvalue weighted by atomic mass is 15.0. The molecule has 0 bridgehead atoms. The summed E-state index contributed by atoms with van der Waals surface area (Å²) in [5, 5.41) is 3.79. The summed E-state index contributed by atoms with van der Waals surface area (Å²) < 4.78 is 2.03. The van der Waals surface area contributed by atoms with Crippen LogP contribution >= 0.6 is 0 Å². The van der Waals surface area contributed by atoms with Crippen molar-refractivity contribution >= 4 is 0 Å². The van der Waals surface area contributed by atoms with Crippen LogP contribution in [0, 0.1) is 11.8 Å². The number of hydrogen-bond donors (Lipinski definition) is 1. The average Bonchev–Trinajstić information content (AvgIpc) is 3.14. The Morgan fingerprint density at radius 1 is 1.29 bits per heavy atom. The topological polar surface area (TPSA) is 29.9 Å². The lowest BCUT2D eigenvalue weighted by atomic mass is 9.71. The second kappa shape index (κ2) is 5.15. The van der Waals surface area contributed by atoms with Crippen molar-refractivity contribution in [3.05, 3.63) is 60.7 Å². The van der Waals surface area contributed by atoms with Gasteiger partial charge in [-0.1, -0.05) is 24.3 Å². The van der Waals surface area contributed by atoms with Crippen LogP contribution in [0.15, 0.2) is 55.1 Å². The number of rotatable bonds is 4. The van der Waals surface area contributed by atoms with Gasteiger partial charge in [-0.05, 0) is 49.3 Å². The summed E-state index contributed by atoms with van der Waals surface area (Å²) in [5.74, 6) is 1.69. The summed E-state index contributed by atoms with van der Waals surface area (Å²) >= 11 is 0. The van der Waals surface area contributed by atoms with E-state index in [9.17, 15) is 0 Å². The molecular formula is C18H21N3. The Hall–Kier alpha value is -1.87. The Morgan fingerprint density at radius 2 is 2.14 bits per heavy atom. The Labute approximate surface area is 125 Å². The van der Waals surface area contributed by atoms with Crippen LogP contribution in [-0.2, 0) is 0 Å². The molecule has 1 saturated carbocycles. The van der Waals surface area contributed by atoms with Gasteiger partial charge in [0.15, 0.2) is 0 Å². The minimum Gasteiger partial charge on any atom is -0.307 e. The largest absolute Gasteiger partial charge is 0.307 e. The van der Waals surface area contributed by atoms with Gasteiger partial charge in [0.05, 0.1) is 6.33 Å². The molecule has 1 aromatic carbocycles. The van der Waals surface area contributed by atoms with E-state index in [1.54, 1.807) is 6.20 Å². The summed E-state index contributed by atoms with van der Waals surface area (Å²) in [6, 6.07) is 9.82. The van der Waals surface area contributed by atoms with E-state index < -0.39 is 0 Å². The summed E-state index contributed by atoms with van der Waals surface area (Å²) in [5.41, 5.74) is 2.51. The zero-order valence-electron chi connectivity index (χ0n) is 12.3. The third-order valence-corrected chi connectivity index (χ3v) is 5.02. The summed E-state index contributed by atoms with van der Waals surface area (Å²) in [6.45, 7) is 2.26. The third kappa shape index (κ3) is 2.32. The fourth-order valence-electron chi connectivity index (χ4n) is 3.67. The van der Waals surface area contributed by atoms with Gasteiger partial charge in [-0.25, -0.2) is 4.98 Å². The van der Waals surface area contributed by atoms with Crippen molar-refractivity contribution in [2.75, 3.05) is 0 Å².